The molecule has 2 aromatic carbocycles. The summed E-state index contributed by atoms with van der Waals surface area (Å²) < 4.78 is 5.79. The van der Waals surface area contributed by atoms with Crippen molar-refractivity contribution in [2.24, 2.45) is 0 Å². The Labute approximate surface area is 162 Å². The van der Waals surface area contributed by atoms with Crippen molar-refractivity contribution in [1.82, 2.24) is 15.2 Å². The first-order chi connectivity index (χ1) is 13.6. The van der Waals surface area contributed by atoms with Crippen molar-refractivity contribution < 1.29 is 9.21 Å². The first-order valence-electron chi connectivity index (χ1n) is 8.84. The minimum absolute atomic E-state index is 0.223. The summed E-state index contributed by atoms with van der Waals surface area (Å²) in [6.45, 7) is 3.91. The number of aryl methyl sites for hydroxylation is 2. The normalized spacial score (nSPS) is 10.6. The predicted molar refractivity (Wildman–Crippen MR) is 107 cm³/mol. The fraction of sp³-hybridized carbons (Fsp3) is 0.0909. The van der Waals surface area contributed by atoms with E-state index >= 15 is 0 Å². The molecule has 6 heteroatoms. The Hall–Kier alpha value is -3.80. The van der Waals surface area contributed by atoms with Crippen LogP contribution in [0.2, 0.25) is 0 Å². The largest absolute Gasteiger partial charge is 0.416 e. The maximum absolute atomic E-state index is 12.4. The van der Waals surface area contributed by atoms with Gasteiger partial charge in [0.15, 0.2) is 0 Å². The van der Waals surface area contributed by atoms with Crippen LogP contribution < -0.4 is 5.32 Å². The monoisotopic (exact) mass is 370 g/mol. The molecule has 0 saturated carbocycles. The SMILES string of the molecule is Cc1cccc(-c2nnc(-c3ccc(C(=O)Nc4ncccc4C)cc3)o2)c1. The van der Waals surface area contributed by atoms with Gasteiger partial charge in [0.25, 0.3) is 5.91 Å². The van der Waals surface area contributed by atoms with Crippen molar-refractivity contribution in [3.8, 4) is 22.9 Å². The van der Waals surface area contributed by atoms with Gasteiger partial charge in [0.1, 0.15) is 5.82 Å². The number of hydrogen-bond donors (Lipinski definition) is 1. The molecule has 0 spiro atoms. The molecule has 0 aliphatic carbocycles. The number of nitrogens with one attached hydrogen (secondary N) is 1. The molecule has 0 radical (unpaired) electrons. The molecule has 0 fully saturated rings. The number of carbonyl (C=O) groups excluding carboxylic acids is 1. The van der Waals surface area contributed by atoms with E-state index in [1.165, 1.54) is 0 Å². The lowest BCUT2D eigenvalue weighted by atomic mass is 10.1. The zero-order chi connectivity index (χ0) is 19.5. The number of benzene rings is 2. The van der Waals surface area contributed by atoms with E-state index < -0.39 is 0 Å². The maximum atomic E-state index is 12.4. The molecule has 0 bridgehead atoms. The van der Waals surface area contributed by atoms with Gasteiger partial charge < -0.3 is 9.73 Å². The average Bonchev–Trinajstić information content (AvgIpc) is 3.20. The highest BCUT2D eigenvalue weighted by molar-refractivity contribution is 6.04. The molecule has 0 aliphatic heterocycles. The van der Waals surface area contributed by atoms with Crippen LogP contribution in [-0.4, -0.2) is 21.1 Å². The molecule has 138 valence electrons. The molecule has 0 unspecified atom stereocenters. The minimum atomic E-state index is -0.223. The lowest BCUT2D eigenvalue weighted by molar-refractivity contribution is 0.102. The second-order valence-electron chi connectivity index (χ2n) is 6.48. The fourth-order valence-corrected chi connectivity index (χ4v) is 2.80. The average molecular weight is 370 g/mol. The maximum Gasteiger partial charge on any atom is 0.256 e. The highest BCUT2D eigenvalue weighted by atomic mass is 16.4. The number of hydrogen-bond acceptors (Lipinski definition) is 5. The molecule has 0 aliphatic rings. The molecule has 4 aromatic rings. The van der Waals surface area contributed by atoms with E-state index in [-0.39, 0.29) is 5.91 Å². The van der Waals surface area contributed by atoms with Crippen molar-refractivity contribution in [1.29, 1.82) is 0 Å². The molecule has 28 heavy (non-hydrogen) atoms. The summed E-state index contributed by atoms with van der Waals surface area (Å²) in [5.74, 6) is 1.20. The fourth-order valence-electron chi connectivity index (χ4n) is 2.80. The number of nitrogens with zero attached hydrogens (tertiary/aromatic N) is 3. The highest BCUT2D eigenvalue weighted by Crippen LogP contribution is 2.24. The lowest BCUT2D eigenvalue weighted by Crippen LogP contribution is -2.13. The van der Waals surface area contributed by atoms with E-state index in [9.17, 15) is 4.79 Å². The first-order valence-corrected chi connectivity index (χ1v) is 8.84. The first kappa shape index (κ1) is 17.6. The highest BCUT2D eigenvalue weighted by Gasteiger charge is 2.13. The van der Waals surface area contributed by atoms with Crippen molar-refractivity contribution in [3.05, 3.63) is 83.6 Å². The van der Waals surface area contributed by atoms with E-state index in [4.69, 9.17) is 4.42 Å². The Morgan fingerprint density at radius 2 is 1.64 bits per heavy atom. The van der Waals surface area contributed by atoms with Crippen LogP contribution in [0.25, 0.3) is 22.9 Å². The zero-order valence-corrected chi connectivity index (χ0v) is 15.5. The van der Waals surface area contributed by atoms with Gasteiger partial charge in [0.2, 0.25) is 11.8 Å². The van der Waals surface area contributed by atoms with E-state index in [1.54, 1.807) is 30.5 Å². The molecular weight excluding hydrogens is 352 g/mol. The lowest BCUT2D eigenvalue weighted by Gasteiger charge is -2.07. The van der Waals surface area contributed by atoms with E-state index in [1.807, 2.05) is 50.2 Å². The minimum Gasteiger partial charge on any atom is -0.416 e. The summed E-state index contributed by atoms with van der Waals surface area (Å²) in [6.07, 6.45) is 1.65. The second-order valence-corrected chi connectivity index (χ2v) is 6.48. The van der Waals surface area contributed by atoms with Crippen LogP contribution in [0.5, 0.6) is 0 Å². The van der Waals surface area contributed by atoms with Crippen LogP contribution in [0, 0.1) is 13.8 Å². The standard InChI is InChI=1S/C22H18N4O2/c1-14-5-3-7-18(13-14)22-26-25-21(28-22)17-10-8-16(9-11-17)20(27)24-19-15(2)6-4-12-23-19/h3-13H,1-2H3,(H,23,24,27). The van der Waals surface area contributed by atoms with Gasteiger partial charge >= 0.3 is 0 Å². The van der Waals surface area contributed by atoms with Crippen LogP contribution >= 0.6 is 0 Å². The van der Waals surface area contributed by atoms with E-state index in [0.717, 1.165) is 22.3 Å². The Kier molecular flexibility index (Phi) is 4.68. The van der Waals surface area contributed by atoms with Crippen LogP contribution in [0.4, 0.5) is 5.82 Å². The van der Waals surface area contributed by atoms with E-state index in [2.05, 4.69) is 20.5 Å². The van der Waals surface area contributed by atoms with Gasteiger partial charge in [-0.05, 0) is 61.9 Å². The smallest absolute Gasteiger partial charge is 0.256 e. The molecule has 6 nitrogen and oxygen atoms in total. The number of anilines is 1. The van der Waals surface area contributed by atoms with Gasteiger partial charge in [-0.1, -0.05) is 23.8 Å². The van der Waals surface area contributed by atoms with Gasteiger partial charge in [-0.3, -0.25) is 4.79 Å². The Morgan fingerprint density at radius 3 is 2.36 bits per heavy atom. The number of aromatic nitrogens is 3. The molecular formula is C22H18N4O2. The number of pyridine rings is 1. The number of amides is 1. The molecule has 1 N–H and O–H groups in total. The summed E-state index contributed by atoms with van der Waals surface area (Å²) >= 11 is 0. The summed E-state index contributed by atoms with van der Waals surface area (Å²) in [6, 6.07) is 18.6. The van der Waals surface area contributed by atoms with Gasteiger partial charge in [-0.25, -0.2) is 4.98 Å². The predicted octanol–water partition coefficient (Wildman–Crippen LogP) is 4.67. The van der Waals surface area contributed by atoms with Gasteiger partial charge in [-0.15, -0.1) is 10.2 Å². The van der Waals surface area contributed by atoms with Gasteiger partial charge in [0.05, 0.1) is 0 Å². The molecule has 2 aromatic heterocycles. The summed E-state index contributed by atoms with van der Waals surface area (Å²) in [5.41, 5.74) is 4.17. The molecule has 0 saturated heterocycles. The zero-order valence-electron chi connectivity index (χ0n) is 15.5. The number of carbonyl (C=O) groups is 1. The molecule has 2 heterocycles. The van der Waals surface area contributed by atoms with Crippen LogP contribution in [0.15, 0.2) is 71.3 Å². The third-order valence-electron chi connectivity index (χ3n) is 4.33. The van der Waals surface area contributed by atoms with Crippen molar-refractivity contribution in [3.63, 3.8) is 0 Å². The van der Waals surface area contributed by atoms with Crippen molar-refractivity contribution >= 4 is 11.7 Å². The van der Waals surface area contributed by atoms with Gasteiger partial charge in [0, 0.05) is 22.9 Å². The van der Waals surface area contributed by atoms with Crippen LogP contribution in [0.3, 0.4) is 0 Å². The second kappa shape index (κ2) is 7.44. The van der Waals surface area contributed by atoms with Crippen molar-refractivity contribution in [2.75, 3.05) is 5.32 Å². The Morgan fingerprint density at radius 1 is 0.893 bits per heavy atom. The van der Waals surface area contributed by atoms with E-state index in [0.29, 0.717) is 23.2 Å². The van der Waals surface area contributed by atoms with Gasteiger partial charge in [-0.2, -0.15) is 0 Å². The summed E-state index contributed by atoms with van der Waals surface area (Å²) in [4.78, 5) is 16.6. The number of rotatable bonds is 4. The third-order valence-corrected chi connectivity index (χ3v) is 4.33. The molecule has 4 rings (SSSR count). The van der Waals surface area contributed by atoms with Crippen molar-refractivity contribution in [2.45, 2.75) is 13.8 Å². The Balaban J connectivity index is 1.52. The summed E-state index contributed by atoms with van der Waals surface area (Å²) in [7, 11) is 0. The van der Waals surface area contributed by atoms with Crippen LogP contribution in [0.1, 0.15) is 21.5 Å². The molecule has 0 atom stereocenters. The summed E-state index contributed by atoms with van der Waals surface area (Å²) in [5, 5.41) is 11.1. The quantitative estimate of drug-likeness (QED) is 0.565. The topological polar surface area (TPSA) is 80.9 Å². The third kappa shape index (κ3) is 3.66. The molecule has 1 amide bonds. The Bertz CT molecular complexity index is 1130. The van der Waals surface area contributed by atoms with Crippen LogP contribution in [-0.2, 0) is 0 Å².